The molecule has 2 heterocycles. The molecule has 116 valence electrons. The van der Waals surface area contributed by atoms with E-state index in [9.17, 15) is 4.79 Å². The van der Waals surface area contributed by atoms with Gasteiger partial charge in [-0.3, -0.25) is 14.0 Å². The van der Waals surface area contributed by atoms with Gasteiger partial charge in [-0.2, -0.15) is 0 Å². The van der Waals surface area contributed by atoms with E-state index < -0.39 is 5.54 Å². The van der Waals surface area contributed by atoms with Crippen LogP contribution in [0.25, 0.3) is 0 Å². The molecule has 23 heavy (non-hydrogen) atoms. The smallest absolute Gasteiger partial charge is 0.257 e. The lowest BCUT2D eigenvalue weighted by Gasteiger charge is -2.40. The molecule has 0 radical (unpaired) electrons. The highest BCUT2D eigenvalue weighted by Crippen LogP contribution is 2.55. The zero-order chi connectivity index (χ0) is 16.0. The summed E-state index contributed by atoms with van der Waals surface area (Å²) in [6.45, 7) is 0. The van der Waals surface area contributed by atoms with Crippen molar-refractivity contribution in [2.24, 2.45) is 0 Å². The van der Waals surface area contributed by atoms with Crippen molar-refractivity contribution in [3.63, 3.8) is 0 Å². The maximum Gasteiger partial charge on any atom is 0.257 e. The first kappa shape index (κ1) is 15.2. The summed E-state index contributed by atoms with van der Waals surface area (Å²) >= 11 is 10.6. The number of fused-ring (bicyclic) bond motifs is 2. The fraction of sp³-hybridized carbons (Fsp3) is 0.176. The highest BCUT2D eigenvalue weighted by atomic mass is 79.9. The molecule has 3 nitrogen and oxygen atoms in total. The Bertz CT molecular complexity index is 798. The minimum absolute atomic E-state index is 0.0620. The van der Waals surface area contributed by atoms with Gasteiger partial charge in [0.05, 0.1) is 16.1 Å². The summed E-state index contributed by atoms with van der Waals surface area (Å²) in [7, 11) is 0. The minimum atomic E-state index is -0.792. The van der Waals surface area contributed by atoms with E-state index in [0.717, 1.165) is 10.5 Å². The number of halogens is 1. The Morgan fingerprint density at radius 3 is 2.57 bits per heavy atom. The monoisotopic (exact) mass is 404 g/mol. The topological polar surface area (TPSA) is 32.3 Å². The number of nitrogens with one attached hydrogen (secondary N) is 1. The van der Waals surface area contributed by atoms with Crippen LogP contribution in [0, 0.1) is 0 Å². The van der Waals surface area contributed by atoms with Crippen molar-refractivity contribution in [3.05, 3.63) is 65.7 Å². The largest absolute Gasteiger partial charge is 0.300 e. The number of carbonyl (C=O) groups excluding carboxylic acids is 1. The number of carbonyl (C=O) groups is 1. The van der Waals surface area contributed by atoms with Gasteiger partial charge >= 0.3 is 0 Å². The van der Waals surface area contributed by atoms with Crippen molar-refractivity contribution in [3.8, 4) is 0 Å². The number of thioether (sulfide) groups is 1. The summed E-state index contributed by atoms with van der Waals surface area (Å²) in [6, 6.07) is 18.4. The van der Waals surface area contributed by atoms with Crippen LogP contribution in [0.15, 0.2) is 59.5 Å². The molecule has 0 bridgehead atoms. The molecule has 2 atom stereocenters. The molecule has 6 heteroatoms. The molecule has 1 fully saturated rings. The maximum absolute atomic E-state index is 12.8. The van der Waals surface area contributed by atoms with Gasteiger partial charge in [-0.15, -0.1) is 11.8 Å². The Morgan fingerprint density at radius 1 is 1.17 bits per heavy atom. The fourth-order valence-corrected chi connectivity index (χ4v) is 5.53. The van der Waals surface area contributed by atoms with Crippen LogP contribution in [0.5, 0.6) is 0 Å². The Morgan fingerprint density at radius 2 is 1.87 bits per heavy atom. The first-order chi connectivity index (χ1) is 11.1. The van der Waals surface area contributed by atoms with Crippen LogP contribution < -0.4 is 5.32 Å². The van der Waals surface area contributed by atoms with Crippen molar-refractivity contribution >= 4 is 51.1 Å². The lowest BCUT2D eigenvalue weighted by atomic mass is 9.83. The summed E-state index contributed by atoms with van der Waals surface area (Å²) in [4.78, 5) is 14.0. The second-order valence-corrected chi connectivity index (χ2v) is 7.96. The molecule has 2 aliphatic heterocycles. The van der Waals surface area contributed by atoms with Gasteiger partial charge in [0, 0.05) is 22.1 Å². The van der Waals surface area contributed by atoms with Gasteiger partial charge in [0.25, 0.3) is 5.91 Å². The zero-order valence-corrected chi connectivity index (χ0v) is 15.2. The van der Waals surface area contributed by atoms with Crippen LogP contribution in [0.1, 0.15) is 22.8 Å². The van der Waals surface area contributed by atoms with Crippen LogP contribution >= 0.6 is 40.1 Å². The van der Waals surface area contributed by atoms with Gasteiger partial charge in [0.2, 0.25) is 0 Å². The summed E-state index contributed by atoms with van der Waals surface area (Å²) in [5.41, 5.74) is 1.43. The average molecular weight is 405 g/mol. The predicted molar refractivity (Wildman–Crippen MR) is 99.3 cm³/mol. The second kappa shape index (κ2) is 5.61. The van der Waals surface area contributed by atoms with Crippen LogP contribution in [0.4, 0.5) is 0 Å². The third kappa shape index (κ3) is 2.23. The van der Waals surface area contributed by atoms with Gasteiger partial charge in [0.15, 0.2) is 10.7 Å². The Labute approximate surface area is 152 Å². The van der Waals surface area contributed by atoms with E-state index in [1.165, 1.54) is 5.56 Å². The molecule has 2 aromatic carbocycles. The van der Waals surface area contributed by atoms with Crippen molar-refractivity contribution in [2.75, 3.05) is 0 Å². The van der Waals surface area contributed by atoms with Gasteiger partial charge < -0.3 is 0 Å². The number of hydrogen-bond donors (Lipinski definition) is 1. The minimum Gasteiger partial charge on any atom is -0.300 e. The van der Waals surface area contributed by atoms with E-state index in [2.05, 4.69) is 39.7 Å². The first-order valence-corrected chi connectivity index (χ1v) is 9.25. The average Bonchev–Trinajstić information content (AvgIpc) is 2.80. The quantitative estimate of drug-likeness (QED) is 0.571. The molecule has 2 aliphatic rings. The fourth-order valence-electron chi connectivity index (χ4n) is 3.25. The molecule has 0 aromatic heterocycles. The number of benzene rings is 2. The Balaban J connectivity index is 1.88. The molecular formula is C17H13BrN2OS2. The van der Waals surface area contributed by atoms with E-state index in [-0.39, 0.29) is 11.2 Å². The van der Waals surface area contributed by atoms with Crippen LogP contribution in [0.3, 0.4) is 0 Å². The molecule has 4 rings (SSSR count). The number of thiocarbonyl (C=S) groups is 1. The predicted octanol–water partition coefficient (Wildman–Crippen LogP) is 4.15. The Kier molecular flexibility index (Phi) is 3.70. The SMILES string of the molecule is O=C1NC(=S)N(Br)C12CC(c1ccccc1)Sc1ccccc12. The van der Waals surface area contributed by atoms with E-state index in [0.29, 0.717) is 11.5 Å². The maximum atomic E-state index is 12.8. The van der Waals surface area contributed by atoms with Gasteiger partial charge in [0.1, 0.15) is 0 Å². The van der Waals surface area contributed by atoms with Crippen LogP contribution in [-0.4, -0.2) is 14.9 Å². The van der Waals surface area contributed by atoms with Crippen LogP contribution in [0.2, 0.25) is 0 Å². The molecule has 1 N–H and O–H groups in total. The molecule has 2 aromatic rings. The van der Waals surface area contributed by atoms with E-state index in [1.54, 1.807) is 15.7 Å². The number of hydrogen-bond acceptors (Lipinski definition) is 3. The second-order valence-electron chi connectivity index (χ2n) is 5.62. The molecule has 1 spiro atoms. The molecular weight excluding hydrogens is 392 g/mol. The van der Waals surface area contributed by atoms with E-state index >= 15 is 0 Å². The lowest BCUT2D eigenvalue weighted by molar-refractivity contribution is -0.126. The van der Waals surface area contributed by atoms with Crippen molar-refractivity contribution < 1.29 is 4.79 Å². The summed E-state index contributed by atoms with van der Waals surface area (Å²) in [5.74, 6) is -0.0620. The Hall–Kier alpha value is -1.37. The first-order valence-electron chi connectivity index (χ1n) is 7.25. The summed E-state index contributed by atoms with van der Waals surface area (Å²) < 4.78 is 1.74. The van der Waals surface area contributed by atoms with Crippen LogP contribution in [-0.2, 0) is 10.3 Å². The standard InChI is InChI=1S/C17H13BrN2OS2/c18-20-16(22)19-15(21)17(20)10-14(11-6-2-1-3-7-11)23-13-9-5-4-8-12(13)17/h1-9,14H,10H2,(H,19,21,22). The highest BCUT2D eigenvalue weighted by Gasteiger charge is 2.56. The molecule has 2 unspecified atom stereocenters. The highest BCUT2D eigenvalue weighted by molar-refractivity contribution is 9.07. The van der Waals surface area contributed by atoms with Crippen molar-refractivity contribution in [2.45, 2.75) is 22.1 Å². The number of amides is 1. The van der Waals surface area contributed by atoms with E-state index in [4.69, 9.17) is 12.2 Å². The normalized spacial score (nSPS) is 26.3. The third-order valence-corrected chi connectivity index (χ3v) is 7.18. The van der Waals surface area contributed by atoms with Gasteiger partial charge in [-0.05, 0) is 23.8 Å². The molecule has 1 saturated heterocycles. The third-order valence-electron chi connectivity index (χ3n) is 4.36. The molecule has 0 aliphatic carbocycles. The lowest BCUT2D eigenvalue weighted by Crippen LogP contribution is -2.45. The molecule has 0 saturated carbocycles. The number of nitrogens with zero attached hydrogens (tertiary/aromatic N) is 1. The zero-order valence-electron chi connectivity index (χ0n) is 12.0. The van der Waals surface area contributed by atoms with E-state index in [1.807, 2.05) is 36.4 Å². The van der Waals surface area contributed by atoms with Crippen molar-refractivity contribution in [1.82, 2.24) is 9.24 Å². The van der Waals surface area contributed by atoms with Gasteiger partial charge in [-0.25, -0.2) is 0 Å². The number of rotatable bonds is 1. The molecule has 1 amide bonds. The van der Waals surface area contributed by atoms with Gasteiger partial charge in [-0.1, -0.05) is 48.5 Å². The summed E-state index contributed by atoms with van der Waals surface area (Å²) in [6.07, 6.45) is 0.663. The summed E-state index contributed by atoms with van der Waals surface area (Å²) in [5, 5.41) is 3.41. The van der Waals surface area contributed by atoms with Crippen molar-refractivity contribution in [1.29, 1.82) is 0 Å².